The Labute approximate surface area is 75.7 Å². The lowest BCUT2D eigenvalue weighted by Gasteiger charge is -2.12. The topological polar surface area (TPSA) is 38.0 Å². The van der Waals surface area contributed by atoms with Crippen LogP contribution in [-0.2, 0) is 0 Å². The van der Waals surface area contributed by atoms with E-state index < -0.39 is 17.7 Å². The number of benzene rings is 1. The highest BCUT2D eigenvalue weighted by atomic mass is 19.2. The zero-order valence-electron chi connectivity index (χ0n) is 7.57. The third-order valence-electron chi connectivity index (χ3n) is 2.02. The Bertz CT molecular complexity index is 313. The van der Waals surface area contributed by atoms with Crippen LogP contribution >= 0.6 is 0 Å². The molecule has 0 saturated heterocycles. The number of aryl methyl sites for hydroxylation is 1. The van der Waals surface area contributed by atoms with Crippen molar-refractivity contribution in [3.8, 4) is 0 Å². The number of halogens is 2. The smallest absolute Gasteiger partial charge is 0.163 e. The quantitative estimate of drug-likeness (QED) is 0.546. The molecule has 0 bridgehead atoms. The summed E-state index contributed by atoms with van der Waals surface area (Å²) in [6.07, 6.45) is 0. The van der Waals surface area contributed by atoms with Crippen LogP contribution in [0.3, 0.4) is 0 Å². The first-order valence-electron chi connectivity index (χ1n) is 3.98. The van der Waals surface area contributed by atoms with E-state index in [1.807, 2.05) is 0 Å². The molecule has 0 spiro atoms. The summed E-state index contributed by atoms with van der Waals surface area (Å²) < 4.78 is 26.3. The van der Waals surface area contributed by atoms with Crippen LogP contribution in [0.4, 0.5) is 8.78 Å². The first-order valence-corrected chi connectivity index (χ1v) is 3.98. The van der Waals surface area contributed by atoms with Crippen molar-refractivity contribution in [2.24, 2.45) is 5.84 Å². The molecule has 4 heteroatoms. The zero-order valence-corrected chi connectivity index (χ0v) is 7.57. The Morgan fingerprint density at radius 2 is 1.92 bits per heavy atom. The van der Waals surface area contributed by atoms with Gasteiger partial charge in [0.25, 0.3) is 0 Å². The molecular formula is C9H12F2N2. The molecule has 1 aromatic carbocycles. The van der Waals surface area contributed by atoms with Crippen molar-refractivity contribution in [3.05, 3.63) is 34.9 Å². The van der Waals surface area contributed by atoms with Crippen LogP contribution in [0, 0.1) is 18.6 Å². The monoisotopic (exact) mass is 186 g/mol. The van der Waals surface area contributed by atoms with Gasteiger partial charge in [-0.05, 0) is 19.4 Å². The fourth-order valence-electron chi connectivity index (χ4n) is 1.09. The number of hydrazine groups is 1. The molecule has 1 rings (SSSR count). The van der Waals surface area contributed by atoms with Gasteiger partial charge in [0.1, 0.15) is 0 Å². The van der Waals surface area contributed by atoms with Gasteiger partial charge >= 0.3 is 0 Å². The number of hydrogen-bond donors (Lipinski definition) is 2. The van der Waals surface area contributed by atoms with Crippen molar-refractivity contribution >= 4 is 0 Å². The van der Waals surface area contributed by atoms with Gasteiger partial charge in [0.15, 0.2) is 11.6 Å². The molecule has 0 aliphatic carbocycles. The average Bonchev–Trinajstić information content (AvgIpc) is 2.13. The van der Waals surface area contributed by atoms with Crippen LogP contribution in [0.25, 0.3) is 0 Å². The third-order valence-corrected chi connectivity index (χ3v) is 2.02. The molecule has 2 nitrogen and oxygen atoms in total. The predicted molar refractivity (Wildman–Crippen MR) is 46.8 cm³/mol. The molecule has 0 aromatic heterocycles. The van der Waals surface area contributed by atoms with Crippen LogP contribution in [0.5, 0.6) is 0 Å². The number of rotatable bonds is 2. The summed E-state index contributed by atoms with van der Waals surface area (Å²) in [5.74, 6) is 3.49. The van der Waals surface area contributed by atoms with Crippen LogP contribution in [0.1, 0.15) is 24.1 Å². The molecule has 0 unspecified atom stereocenters. The van der Waals surface area contributed by atoms with E-state index in [-0.39, 0.29) is 5.56 Å². The second kappa shape index (κ2) is 3.81. The molecular weight excluding hydrogens is 174 g/mol. The minimum Gasteiger partial charge on any atom is -0.271 e. The van der Waals surface area contributed by atoms with Crippen molar-refractivity contribution in [1.82, 2.24) is 5.43 Å². The molecule has 0 aliphatic rings. The van der Waals surface area contributed by atoms with Crippen LogP contribution < -0.4 is 11.3 Å². The molecule has 3 N–H and O–H groups in total. The Morgan fingerprint density at radius 3 is 2.46 bits per heavy atom. The van der Waals surface area contributed by atoms with Crippen LogP contribution in [-0.4, -0.2) is 0 Å². The van der Waals surface area contributed by atoms with Gasteiger partial charge in [0, 0.05) is 11.6 Å². The molecule has 0 heterocycles. The highest BCUT2D eigenvalue weighted by Gasteiger charge is 2.14. The standard InChI is InChI=1S/C9H12F2N2/c1-5-3-4-7(6(2)13-12)9(11)8(5)10/h3-4,6,13H,12H2,1-2H3/t6-/m1/s1. The highest BCUT2D eigenvalue weighted by Crippen LogP contribution is 2.20. The summed E-state index contributed by atoms with van der Waals surface area (Å²) >= 11 is 0. The lowest BCUT2D eigenvalue weighted by molar-refractivity contribution is 0.472. The summed E-state index contributed by atoms with van der Waals surface area (Å²) in [5.41, 5.74) is 2.90. The van der Waals surface area contributed by atoms with Gasteiger partial charge in [-0.1, -0.05) is 12.1 Å². The van der Waals surface area contributed by atoms with E-state index in [1.165, 1.54) is 19.1 Å². The predicted octanol–water partition coefficient (Wildman–Crippen LogP) is 1.80. The van der Waals surface area contributed by atoms with Crippen molar-refractivity contribution < 1.29 is 8.78 Å². The summed E-state index contributed by atoms with van der Waals surface area (Å²) in [4.78, 5) is 0. The number of nitrogens with one attached hydrogen (secondary N) is 1. The lowest BCUT2D eigenvalue weighted by Crippen LogP contribution is -2.26. The van der Waals surface area contributed by atoms with E-state index in [2.05, 4.69) is 5.43 Å². The highest BCUT2D eigenvalue weighted by molar-refractivity contribution is 5.27. The summed E-state index contributed by atoms with van der Waals surface area (Å²) in [6.45, 7) is 3.18. The molecule has 0 radical (unpaired) electrons. The van der Waals surface area contributed by atoms with E-state index in [0.29, 0.717) is 5.56 Å². The maximum atomic E-state index is 13.2. The van der Waals surface area contributed by atoms with E-state index >= 15 is 0 Å². The maximum absolute atomic E-state index is 13.2. The van der Waals surface area contributed by atoms with Gasteiger partial charge in [-0.3, -0.25) is 11.3 Å². The largest absolute Gasteiger partial charge is 0.271 e. The first-order chi connectivity index (χ1) is 6.07. The van der Waals surface area contributed by atoms with E-state index in [1.54, 1.807) is 6.92 Å². The Morgan fingerprint density at radius 1 is 1.31 bits per heavy atom. The Kier molecular flexibility index (Phi) is 2.95. The summed E-state index contributed by atoms with van der Waals surface area (Å²) in [5, 5.41) is 0. The minimum absolute atomic E-state index is 0.241. The van der Waals surface area contributed by atoms with E-state index in [9.17, 15) is 8.78 Å². The SMILES string of the molecule is Cc1ccc([C@@H](C)NN)c(F)c1F. The average molecular weight is 186 g/mol. The molecule has 13 heavy (non-hydrogen) atoms. The second-order valence-electron chi connectivity index (χ2n) is 2.99. The van der Waals surface area contributed by atoms with Crippen molar-refractivity contribution in [3.63, 3.8) is 0 Å². The fourth-order valence-corrected chi connectivity index (χ4v) is 1.09. The molecule has 1 atom stereocenters. The van der Waals surface area contributed by atoms with Crippen molar-refractivity contribution in [1.29, 1.82) is 0 Å². The van der Waals surface area contributed by atoms with Crippen LogP contribution in [0.15, 0.2) is 12.1 Å². The van der Waals surface area contributed by atoms with Crippen LogP contribution in [0.2, 0.25) is 0 Å². The summed E-state index contributed by atoms with van der Waals surface area (Å²) in [6, 6.07) is 2.66. The van der Waals surface area contributed by atoms with Gasteiger partial charge in [-0.15, -0.1) is 0 Å². The van der Waals surface area contributed by atoms with Gasteiger partial charge in [-0.25, -0.2) is 8.78 Å². The summed E-state index contributed by atoms with van der Waals surface area (Å²) in [7, 11) is 0. The van der Waals surface area contributed by atoms with E-state index in [4.69, 9.17) is 5.84 Å². The molecule has 0 aliphatic heterocycles. The second-order valence-corrected chi connectivity index (χ2v) is 2.99. The van der Waals surface area contributed by atoms with Gasteiger partial charge in [0.2, 0.25) is 0 Å². The molecule has 0 fully saturated rings. The fraction of sp³-hybridized carbons (Fsp3) is 0.333. The van der Waals surface area contributed by atoms with Crippen molar-refractivity contribution in [2.45, 2.75) is 19.9 Å². The van der Waals surface area contributed by atoms with E-state index in [0.717, 1.165) is 0 Å². The van der Waals surface area contributed by atoms with Gasteiger partial charge < -0.3 is 0 Å². The lowest BCUT2D eigenvalue weighted by atomic mass is 10.1. The maximum Gasteiger partial charge on any atom is 0.163 e. The molecule has 1 aromatic rings. The molecule has 0 amide bonds. The van der Waals surface area contributed by atoms with Gasteiger partial charge in [0.05, 0.1) is 0 Å². The Hall–Kier alpha value is -1.00. The first kappa shape index (κ1) is 10.1. The molecule has 72 valence electrons. The number of hydrogen-bond acceptors (Lipinski definition) is 2. The minimum atomic E-state index is -0.828. The Balaban J connectivity index is 3.18. The normalized spacial score (nSPS) is 13.0. The number of nitrogens with two attached hydrogens (primary N) is 1. The zero-order chi connectivity index (χ0) is 10.0. The van der Waals surface area contributed by atoms with Gasteiger partial charge in [-0.2, -0.15) is 0 Å². The third kappa shape index (κ3) is 1.84. The molecule has 0 saturated carbocycles. The van der Waals surface area contributed by atoms with Crippen molar-refractivity contribution in [2.75, 3.05) is 0 Å².